The van der Waals surface area contributed by atoms with E-state index in [1.165, 1.54) is 0 Å². The molecule has 0 saturated heterocycles. The van der Waals surface area contributed by atoms with Gasteiger partial charge in [0.15, 0.2) is 0 Å². The van der Waals surface area contributed by atoms with Crippen molar-refractivity contribution in [1.82, 2.24) is 0 Å². The predicted octanol–water partition coefficient (Wildman–Crippen LogP) is 2.53. The first-order chi connectivity index (χ1) is 1.73. The Bertz CT molecular complexity index is 8.00. The zero-order valence-electron chi connectivity index (χ0n) is 1.51. The fourth-order valence-corrected chi connectivity index (χ4v) is 0. The van der Waals surface area contributed by atoms with Crippen molar-refractivity contribution >= 4 is 42.3 Å². The minimum absolute atomic E-state index is 0.458. The molecule has 0 aliphatic heterocycles. The van der Waals surface area contributed by atoms with Crippen LogP contribution in [-0.2, 0) is 8.48 Å². The van der Waals surface area contributed by atoms with Crippen molar-refractivity contribution in [3.05, 3.63) is 0 Å². The van der Waals surface area contributed by atoms with E-state index in [0.717, 1.165) is 0 Å². The van der Waals surface area contributed by atoms with E-state index >= 15 is 0 Å². The minimum atomic E-state index is -0.458. The van der Waals surface area contributed by atoms with Crippen LogP contribution in [0.1, 0.15) is 0 Å². The first-order valence-corrected chi connectivity index (χ1v) is 9.18. The first-order valence-electron chi connectivity index (χ1n) is 0.429. The summed E-state index contributed by atoms with van der Waals surface area (Å²) in [4.78, 5) is 0. The third-order valence-electron chi connectivity index (χ3n) is 0. The van der Waals surface area contributed by atoms with Gasteiger partial charge in [0, 0.05) is 0 Å². The zero-order valence-corrected chi connectivity index (χ0v) is 7.45. The normalized spacial score (nSPS) is 11.2. The maximum absolute atomic E-state index is 3.21. The summed E-state index contributed by atoms with van der Waals surface area (Å²) in [5.41, 5.74) is 0. The Morgan fingerprint density at radius 3 is 1.00 bits per heavy atom. The molecule has 28 valence electrons. The molecule has 0 heterocycles. The van der Waals surface area contributed by atoms with Crippen molar-refractivity contribution in [3.8, 4) is 0 Å². The van der Waals surface area contributed by atoms with Crippen molar-refractivity contribution in [2.45, 2.75) is 0 Å². The number of halogens is 3. The molecule has 0 saturated carbocycles. The Morgan fingerprint density at radius 1 is 1.00 bits per heavy atom. The summed E-state index contributed by atoms with van der Waals surface area (Å²) in [7, 11) is -0.458. The molecule has 4 heteroatoms. The van der Waals surface area contributed by atoms with Crippen LogP contribution in [0.2, 0.25) is 0 Å². The molecule has 0 N–H and O–H groups in total. The van der Waals surface area contributed by atoms with E-state index in [0.29, 0.717) is 0 Å². The van der Waals surface area contributed by atoms with Gasteiger partial charge in [-0.25, -0.2) is 0 Å². The molecule has 0 aliphatic rings. The molecule has 0 spiro atoms. The molecule has 0 atom stereocenters. The molecule has 0 nitrogen and oxygen atoms in total. The van der Waals surface area contributed by atoms with Crippen LogP contribution >= 0.6 is 42.3 Å². The van der Waals surface area contributed by atoms with Crippen LogP contribution in [0, 0.1) is 0 Å². The molecule has 0 rings (SSSR count). The van der Waals surface area contributed by atoms with Gasteiger partial charge in [0.05, 0.1) is 0 Å². The molecule has 0 unspecified atom stereocenters. The van der Waals surface area contributed by atoms with Crippen LogP contribution in [0.4, 0.5) is 0 Å². The van der Waals surface area contributed by atoms with E-state index in [4.69, 9.17) is 0 Å². The van der Waals surface area contributed by atoms with Crippen LogP contribution < -0.4 is 0 Å². The Balaban J connectivity index is 2.32. The average molecular weight is 295 g/mol. The van der Waals surface area contributed by atoms with E-state index in [-0.39, 0.29) is 0 Å². The van der Waals surface area contributed by atoms with Gasteiger partial charge in [-0.3, -0.25) is 0 Å². The van der Waals surface area contributed by atoms with Crippen LogP contribution in [0.25, 0.3) is 0 Å². The summed E-state index contributed by atoms with van der Waals surface area (Å²) < 4.78 is 0. The van der Waals surface area contributed by atoms with Crippen LogP contribution in [0.3, 0.4) is 0 Å². The van der Waals surface area contributed by atoms with Gasteiger partial charge in [0.2, 0.25) is 0 Å². The molecule has 0 radical (unpaired) electrons. The molecular weight excluding hydrogens is 295 g/mol. The third-order valence-corrected chi connectivity index (χ3v) is 0. The number of hydrogen-bond donors (Lipinski definition) is 0. The Kier molecular flexibility index (Phi) is 4.71. The second-order valence-corrected chi connectivity index (χ2v) is 18.0. The predicted molar refractivity (Wildman–Crippen MR) is 26.8 cm³/mol. The summed E-state index contributed by atoms with van der Waals surface area (Å²) >= 11 is 9.62. The van der Waals surface area contributed by atoms with Crippen molar-refractivity contribution in [2.75, 3.05) is 0 Å². The zero-order chi connectivity index (χ0) is 3.58. The Morgan fingerprint density at radius 2 is 1.00 bits per heavy atom. The topological polar surface area (TPSA) is 0 Å². The van der Waals surface area contributed by atoms with Gasteiger partial charge < -0.3 is 0 Å². The van der Waals surface area contributed by atoms with Gasteiger partial charge in [-0.2, -0.15) is 0 Å². The molecule has 0 amide bonds. The van der Waals surface area contributed by atoms with Gasteiger partial charge in [0.1, 0.15) is 0 Å². The summed E-state index contributed by atoms with van der Waals surface area (Å²) in [5, 5.41) is 0. The van der Waals surface area contributed by atoms with Crippen LogP contribution in [0.5, 0.6) is 0 Å². The summed E-state index contributed by atoms with van der Waals surface area (Å²) in [5.74, 6) is 0. The average Bonchev–Trinajstić information content (AvgIpc) is 0.811. The van der Waals surface area contributed by atoms with Crippen LogP contribution in [-0.4, -0.2) is 0 Å². The molecular formula is Br3Mn. The molecule has 0 aromatic heterocycles. The van der Waals surface area contributed by atoms with Crippen molar-refractivity contribution < 1.29 is 8.48 Å². The maximum atomic E-state index is 3.21. The van der Waals surface area contributed by atoms with E-state index in [9.17, 15) is 0 Å². The molecule has 0 aliphatic carbocycles. The van der Waals surface area contributed by atoms with Crippen molar-refractivity contribution in [1.29, 1.82) is 0 Å². The second-order valence-electron chi connectivity index (χ2n) is 0.162. The first kappa shape index (κ1) is 5.96. The monoisotopic (exact) mass is 292 g/mol. The summed E-state index contributed by atoms with van der Waals surface area (Å²) in [6, 6.07) is 0. The van der Waals surface area contributed by atoms with Gasteiger partial charge in [-0.15, -0.1) is 0 Å². The molecule has 4 heavy (non-hydrogen) atoms. The standard InChI is InChI=1S/3BrH.Mn/h3*1H;/q;;;+3/p-3. The van der Waals surface area contributed by atoms with Crippen molar-refractivity contribution in [3.63, 3.8) is 0 Å². The molecule has 0 fully saturated rings. The van der Waals surface area contributed by atoms with Gasteiger partial charge in [-0.1, -0.05) is 0 Å². The molecule has 0 bridgehead atoms. The second kappa shape index (κ2) is 3.16. The molecule has 0 aromatic carbocycles. The van der Waals surface area contributed by atoms with Gasteiger partial charge in [0.25, 0.3) is 0 Å². The van der Waals surface area contributed by atoms with Gasteiger partial charge >= 0.3 is 50.8 Å². The SMILES string of the molecule is [Br][Mn]([Br])[Br]. The van der Waals surface area contributed by atoms with E-state index in [2.05, 4.69) is 42.3 Å². The number of rotatable bonds is 0. The Labute approximate surface area is 50.3 Å². The van der Waals surface area contributed by atoms with Crippen molar-refractivity contribution in [2.24, 2.45) is 0 Å². The van der Waals surface area contributed by atoms with E-state index < -0.39 is 8.48 Å². The summed E-state index contributed by atoms with van der Waals surface area (Å²) in [6.45, 7) is 0. The van der Waals surface area contributed by atoms with Gasteiger partial charge in [-0.05, 0) is 0 Å². The quantitative estimate of drug-likeness (QED) is 0.602. The third kappa shape index (κ3) is 9.03. The van der Waals surface area contributed by atoms with E-state index in [1.807, 2.05) is 0 Å². The van der Waals surface area contributed by atoms with Crippen LogP contribution in [0.15, 0.2) is 0 Å². The van der Waals surface area contributed by atoms with E-state index in [1.54, 1.807) is 0 Å². The fraction of sp³-hybridized carbons (Fsp3) is 0. The fourth-order valence-electron chi connectivity index (χ4n) is 0. The molecule has 0 aromatic rings. The summed E-state index contributed by atoms with van der Waals surface area (Å²) in [6.07, 6.45) is 0. The Hall–Kier alpha value is 1.96. The number of hydrogen-bond acceptors (Lipinski definition) is 0.